The van der Waals surface area contributed by atoms with E-state index in [9.17, 15) is 14.4 Å². The van der Waals surface area contributed by atoms with Crippen LogP contribution in [-0.4, -0.2) is 41.7 Å². The van der Waals surface area contributed by atoms with Crippen LogP contribution in [0.2, 0.25) is 0 Å². The van der Waals surface area contributed by atoms with Crippen molar-refractivity contribution < 1.29 is 19.0 Å². The maximum atomic E-state index is 12.7. The monoisotopic (exact) mass is 451 g/mol. The number of carbonyl (C=O) groups excluding carboxylic acids is 1. The van der Waals surface area contributed by atoms with Gasteiger partial charge in [0.2, 0.25) is 0 Å². The summed E-state index contributed by atoms with van der Waals surface area (Å²) in [6.45, 7) is 7.51. The predicted octanol–water partition coefficient (Wildman–Crippen LogP) is 2.64. The molecule has 0 radical (unpaired) electrons. The van der Waals surface area contributed by atoms with Crippen molar-refractivity contribution in [3.63, 3.8) is 0 Å². The molecule has 0 aliphatic heterocycles. The maximum absolute atomic E-state index is 12.7. The van der Waals surface area contributed by atoms with Gasteiger partial charge in [0.15, 0.2) is 17.6 Å². The van der Waals surface area contributed by atoms with E-state index in [1.165, 1.54) is 13.3 Å². The molecule has 1 heterocycles. The number of methoxy groups -OCH3 is 1. The van der Waals surface area contributed by atoms with Crippen molar-refractivity contribution in [2.24, 2.45) is 5.10 Å². The minimum atomic E-state index is -0.855. The first-order chi connectivity index (χ1) is 15.9. The lowest BCUT2D eigenvalue weighted by atomic mass is 10.1. The number of aromatic nitrogens is 2. The SMILES string of the molecule is C=CCc1cc(C=Nn2c(=O)[nH]c3ccccc3c2=O)cc(OCC)c1OC(C)C(=O)OC. The number of para-hydroxylation sites is 1. The highest BCUT2D eigenvalue weighted by molar-refractivity contribution is 5.82. The van der Waals surface area contributed by atoms with Gasteiger partial charge < -0.3 is 19.2 Å². The quantitative estimate of drug-likeness (QED) is 0.304. The largest absolute Gasteiger partial charge is 0.490 e. The maximum Gasteiger partial charge on any atom is 0.349 e. The van der Waals surface area contributed by atoms with Crippen molar-refractivity contribution in [2.45, 2.75) is 26.4 Å². The topological polar surface area (TPSA) is 112 Å². The summed E-state index contributed by atoms with van der Waals surface area (Å²) in [4.78, 5) is 39.6. The molecule has 1 N–H and O–H groups in total. The molecule has 0 aliphatic rings. The molecule has 1 atom stereocenters. The number of nitrogens with one attached hydrogen (secondary N) is 1. The molecule has 3 aromatic rings. The Kier molecular flexibility index (Phi) is 7.45. The van der Waals surface area contributed by atoms with Gasteiger partial charge in [-0.3, -0.25) is 4.79 Å². The number of rotatable bonds is 9. The van der Waals surface area contributed by atoms with Crippen LogP contribution in [0.5, 0.6) is 11.5 Å². The van der Waals surface area contributed by atoms with E-state index in [-0.39, 0.29) is 0 Å². The van der Waals surface area contributed by atoms with Gasteiger partial charge in [-0.15, -0.1) is 11.3 Å². The van der Waals surface area contributed by atoms with Crippen molar-refractivity contribution in [3.05, 3.63) is 81.0 Å². The molecule has 172 valence electrons. The van der Waals surface area contributed by atoms with Crippen molar-refractivity contribution in [1.29, 1.82) is 0 Å². The third-order valence-corrected chi connectivity index (χ3v) is 4.75. The summed E-state index contributed by atoms with van der Waals surface area (Å²) in [7, 11) is 1.28. The fourth-order valence-electron chi connectivity index (χ4n) is 3.23. The molecule has 1 aromatic heterocycles. The van der Waals surface area contributed by atoms with Crippen molar-refractivity contribution >= 4 is 23.1 Å². The van der Waals surface area contributed by atoms with Crippen LogP contribution < -0.4 is 20.7 Å². The van der Waals surface area contributed by atoms with Gasteiger partial charge in [0, 0.05) is 5.56 Å². The highest BCUT2D eigenvalue weighted by atomic mass is 16.6. The third kappa shape index (κ3) is 5.20. The van der Waals surface area contributed by atoms with E-state index in [4.69, 9.17) is 14.2 Å². The van der Waals surface area contributed by atoms with Crippen LogP contribution in [0.4, 0.5) is 0 Å². The first-order valence-corrected chi connectivity index (χ1v) is 10.3. The Balaban J connectivity index is 2.07. The lowest BCUT2D eigenvalue weighted by Gasteiger charge is -2.19. The van der Waals surface area contributed by atoms with E-state index in [0.29, 0.717) is 46.6 Å². The molecular weight excluding hydrogens is 426 g/mol. The Morgan fingerprint density at radius 1 is 1.27 bits per heavy atom. The Hall–Kier alpha value is -4.14. The van der Waals surface area contributed by atoms with Crippen molar-refractivity contribution in [2.75, 3.05) is 13.7 Å². The Bertz CT molecular complexity index is 1320. The summed E-state index contributed by atoms with van der Waals surface area (Å²) in [5, 5.41) is 4.44. The molecule has 2 aromatic carbocycles. The van der Waals surface area contributed by atoms with E-state index in [0.717, 1.165) is 4.68 Å². The minimum absolute atomic E-state index is 0.345. The predicted molar refractivity (Wildman–Crippen MR) is 125 cm³/mol. The Labute approximate surface area is 189 Å². The smallest absolute Gasteiger partial charge is 0.349 e. The molecular formula is C24H25N3O6. The normalized spacial score (nSPS) is 12.0. The molecule has 0 bridgehead atoms. The second-order valence-electron chi connectivity index (χ2n) is 7.05. The molecule has 0 saturated carbocycles. The summed E-state index contributed by atoms with van der Waals surface area (Å²) in [5.41, 5.74) is 0.500. The number of aromatic amines is 1. The van der Waals surface area contributed by atoms with Crippen LogP contribution in [-0.2, 0) is 16.0 Å². The number of esters is 1. The Morgan fingerprint density at radius 3 is 2.73 bits per heavy atom. The molecule has 0 fully saturated rings. The summed E-state index contributed by atoms with van der Waals surface area (Å²) in [5.74, 6) is 0.240. The van der Waals surface area contributed by atoms with E-state index < -0.39 is 23.3 Å². The molecule has 33 heavy (non-hydrogen) atoms. The molecule has 0 saturated heterocycles. The van der Waals surface area contributed by atoms with Gasteiger partial charge in [-0.2, -0.15) is 5.10 Å². The first kappa shape index (κ1) is 23.5. The molecule has 1 unspecified atom stereocenters. The fourth-order valence-corrected chi connectivity index (χ4v) is 3.23. The standard InChI is InChI=1S/C24H25N3O6/c1-5-9-17-12-16(13-20(32-6-2)21(17)33-15(3)23(29)31-4)14-25-27-22(28)18-10-7-8-11-19(18)26-24(27)30/h5,7-8,10-15H,1,6,9H2,2-4H3,(H,26,30). The van der Waals surface area contributed by atoms with Gasteiger partial charge in [-0.05, 0) is 50.1 Å². The number of H-pyrrole nitrogens is 1. The lowest BCUT2D eigenvalue weighted by Crippen LogP contribution is -2.32. The number of fused-ring (bicyclic) bond motifs is 1. The zero-order chi connectivity index (χ0) is 24.0. The van der Waals surface area contributed by atoms with Gasteiger partial charge in [-0.1, -0.05) is 18.2 Å². The van der Waals surface area contributed by atoms with E-state index in [2.05, 4.69) is 16.7 Å². The number of allylic oxidation sites excluding steroid dienone is 1. The summed E-state index contributed by atoms with van der Waals surface area (Å²) >= 11 is 0. The van der Waals surface area contributed by atoms with E-state index in [1.807, 2.05) is 6.92 Å². The number of nitrogens with zero attached hydrogens (tertiary/aromatic N) is 2. The summed E-state index contributed by atoms with van der Waals surface area (Å²) < 4.78 is 17.1. The summed E-state index contributed by atoms with van der Waals surface area (Å²) in [6.07, 6.45) is 2.63. The van der Waals surface area contributed by atoms with Crippen LogP contribution >= 0.6 is 0 Å². The molecule has 9 heteroatoms. The number of hydrogen-bond donors (Lipinski definition) is 1. The fraction of sp³-hybridized carbons (Fsp3) is 0.250. The zero-order valence-electron chi connectivity index (χ0n) is 18.7. The number of carbonyl (C=O) groups is 1. The molecule has 0 aliphatic carbocycles. The highest BCUT2D eigenvalue weighted by Gasteiger charge is 2.20. The van der Waals surface area contributed by atoms with E-state index >= 15 is 0 Å². The third-order valence-electron chi connectivity index (χ3n) is 4.75. The van der Waals surface area contributed by atoms with Crippen LogP contribution in [0, 0.1) is 0 Å². The lowest BCUT2D eigenvalue weighted by molar-refractivity contribution is -0.147. The van der Waals surface area contributed by atoms with Crippen LogP contribution in [0.15, 0.2) is 63.7 Å². The van der Waals surface area contributed by atoms with Gasteiger partial charge in [0.25, 0.3) is 5.56 Å². The number of hydrogen-bond acceptors (Lipinski definition) is 7. The second-order valence-corrected chi connectivity index (χ2v) is 7.05. The average molecular weight is 451 g/mol. The minimum Gasteiger partial charge on any atom is -0.490 e. The van der Waals surface area contributed by atoms with Gasteiger partial charge in [0.1, 0.15) is 0 Å². The average Bonchev–Trinajstić information content (AvgIpc) is 2.80. The van der Waals surface area contributed by atoms with Crippen LogP contribution in [0.1, 0.15) is 25.0 Å². The van der Waals surface area contributed by atoms with Crippen molar-refractivity contribution in [1.82, 2.24) is 9.66 Å². The first-order valence-electron chi connectivity index (χ1n) is 10.3. The van der Waals surface area contributed by atoms with Crippen LogP contribution in [0.3, 0.4) is 0 Å². The van der Waals surface area contributed by atoms with Gasteiger partial charge in [-0.25, -0.2) is 9.59 Å². The zero-order valence-corrected chi connectivity index (χ0v) is 18.7. The van der Waals surface area contributed by atoms with Crippen LogP contribution in [0.25, 0.3) is 10.9 Å². The summed E-state index contributed by atoms with van der Waals surface area (Å²) in [6, 6.07) is 10.1. The molecule has 0 amide bonds. The molecule has 0 spiro atoms. The number of benzene rings is 2. The van der Waals surface area contributed by atoms with E-state index in [1.54, 1.807) is 49.4 Å². The molecule has 9 nitrogen and oxygen atoms in total. The van der Waals surface area contributed by atoms with Crippen molar-refractivity contribution in [3.8, 4) is 11.5 Å². The second kappa shape index (κ2) is 10.4. The van der Waals surface area contributed by atoms with Gasteiger partial charge in [0.05, 0.1) is 30.8 Å². The highest BCUT2D eigenvalue weighted by Crippen LogP contribution is 2.34. The van der Waals surface area contributed by atoms with Gasteiger partial charge >= 0.3 is 11.7 Å². The number of ether oxygens (including phenoxy) is 3. The Morgan fingerprint density at radius 2 is 2.03 bits per heavy atom. The molecule has 3 rings (SSSR count).